The van der Waals surface area contributed by atoms with Gasteiger partial charge < -0.3 is 15.1 Å². The molecule has 0 aromatic heterocycles. The molecule has 0 rings (SSSR count). The SMILES string of the molecule is CN(CC(=O)O)C(=N)NC(=O)CCCCCCO. The third kappa shape index (κ3) is 8.51. The van der Waals surface area contributed by atoms with Gasteiger partial charge in [0, 0.05) is 20.1 Å². The molecule has 0 unspecified atom stereocenters. The Balaban J connectivity index is 3.73. The van der Waals surface area contributed by atoms with Gasteiger partial charge in [0.2, 0.25) is 5.91 Å². The van der Waals surface area contributed by atoms with E-state index in [0.29, 0.717) is 12.8 Å². The van der Waals surface area contributed by atoms with E-state index in [2.05, 4.69) is 5.32 Å². The second-order valence-corrected chi connectivity index (χ2v) is 4.03. The molecule has 0 saturated heterocycles. The molecular formula is C11H21N3O4. The zero-order valence-electron chi connectivity index (χ0n) is 10.6. The van der Waals surface area contributed by atoms with Crippen LogP contribution in [0.15, 0.2) is 0 Å². The quantitative estimate of drug-likeness (QED) is 0.278. The molecule has 0 aromatic rings. The van der Waals surface area contributed by atoms with E-state index in [1.165, 1.54) is 7.05 Å². The second kappa shape index (κ2) is 9.41. The summed E-state index contributed by atoms with van der Waals surface area (Å²) in [6.45, 7) is -0.160. The fourth-order valence-corrected chi connectivity index (χ4v) is 1.32. The van der Waals surface area contributed by atoms with Crippen molar-refractivity contribution < 1.29 is 19.8 Å². The Bertz CT molecular complexity index is 294. The highest BCUT2D eigenvalue weighted by Gasteiger charge is 2.11. The lowest BCUT2D eigenvalue weighted by Gasteiger charge is -2.17. The monoisotopic (exact) mass is 259 g/mol. The average molecular weight is 259 g/mol. The molecule has 104 valence electrons. The summed E-state index contributed by atoms with van der Waals surface area (Å²) in [5, 5.41) is 26.9. The van der Waals surface area contributed by atoms with Gasteiger partial charge in [-0.25, -0.2) is 0 Å². The van der Waals surface area contributed by atoms with Crippen LogP contribution in [0, 0.1) is 5.41 Å². The topological polar surface area (TPSA) is 114 Å². The number of aliphatic carboxylic acids is 1. The molecule has 7 heteroatoms. The first-order valence-corrected chi connectivity index (χ1v) is 5.89. The van der Waals surface area contributed by atoms with Gasteiger partial charge in [-0.3, -0.25) is 20.3 Å². The van der Waals surface area contributed by atoms with Gasteiger partial charge in [-0.05, 0) is 12.8 Å². The molecule has 0 spiro atoms. The molecule has 4 N–H and O–H groups in total. The van der Waals surface area contributed by atoms with Crippen molar-refractivity contribution >= 4 is 17.8 Å². The largest absolute Gasteiger partial charge is 0.480 e. The summed E-state index contributed by atoms with van der Waals surface area (Å²) in [6, 6.07) is 0. The van der Waals surface area contributed by atoms with Crippen LogP contribution in [0.4, 0.5) is 0 Å². The van der Waals surface area contributed by atoms with Crippen molar-refractivity contribution in [2.24, 2.45) is 0 Å². The second-order valence-electron chi connectivity index (χ2n) is 4.03. The number of aliphatic hydroxyl groups is 1. The summed E-state index contributed by atoms with van der Waals surface area (Å²) < 4.78 is 0. The lowest BCUT2D eigenvalue weighted by molar-refractivity contribution is -0.137. The molecule has 0 aliphatic carbocycles. The number of carbonyl (C=O) groups is 2. The number of nitrogens with one attached hydrogen (secondary N) is 2. The van der Waals surface area contributed by atoms with Crippen molar-refractivity contribution in [2.75, 3.05) is 20.2 Å². The van der Waals surface area contributed by atoms with E-state index in [1.54, 1.807) is 0 Å². The summed E-state index contributed by atoms with van der Waals surface area (Å²) in [7, 11) is 1.43. The van der Waals surface area contributed by atoms with Gasteiger partial charge in [0.1, 0.15) is 6.54 Å². The van der Waals surface area contributed by atoms with Crippen molar-refractivity contribution in [1.82, 2.24) is 10.2 Å². The minimum Gasteiger partial charge on any atom is -0.480 e. The molecule has 0 saturated carbocycles. The van der Waals surface area contributed by atoms with Crippen LogP contribution in [-0.4, -0.2) is 53.1 Å². The van der Waals surface area contributed by atoms with Crippen LogP contribution < -0.4 is 5.32 Å². The summed E-state index contributed by atoms with van der Waals surface area (Å²) in [6.07, 6.45) is 3.46. The third-order valence-corrected chi connectivity index (χ3v) is 2.32. The number of carboxylic acid groups (broad SMARTS) is 1. The Labute approximate surface area is 106 Å². The number of aliphatic hydroxyl groups excluding tert-OH is 1. The number of hydrogen-bond acceptors (Lipinski definition) is 4. The van der Waals surface area contributed by atoms with Crippen LogP contribution in [0.5, 0.6) is 0 Å². The van der Waals surface area contributed by atoms with E-state index in [-0.39, 0.29) is 25.0 Å². The van der Waals surface area contributed by atoms with Crippen LogP contribution in [0.3, 0.4) is 0 Å². The fraction of sp³-hybridized carbons (Fsp3) is 0.727. The van der Waals surface area contributed by atoms with Gasteiger partial charge in [0.05, 0.1) is 0 Å². The number of hydrogen-bond donors (Lipinski definition) is 4. The van der Waals surface area contributed by atoms with Gasteiger partial charge >= 0.3 is 5.97 Å². The van der Waals surface area contributed by atoms with Crippen molar-refractivity contribution in [3.63, 3.8) is 0 Å². The summed E-state index contributed by atoms with van der Waals surface area (Å²) in [5.74, 6) is -1.56. The Hall–Kier alpha value is -1.63. The van der Waals surface area contributed by atoms with Crippen LogP contribution >= 0.6 is 0 Å². The summed E-state index contributed by atoms with van der Waals surface area (Å²) in [4.78, 5) is 22.9. The number of guanidine groups is 1. The molecule has 0 aliphatic heterocycles. The van der Waals surface area contributed by atoms with E-state index in [9.17, 15) is 9.59 Å². The number of likely N-dealkylation sites (N-methyl/N-ethyl adjacent to an activating group) is 1. The van der Waals surface area contributed by atoms with Crippen molar-refractivity contribution in [1.29, 1.82) is 5.41 Å². The van der Waals surface area contributed by atoms with Gasteiger partial charge in [-0.2, -0.15) is 0 Å². The highest BCUT2D eigenvalue weighted by atomic mass is 16.4. The lowest BCUT2D eigenvalue weighted by atomic mass is 10.1. The Kier molecular flexibility index (Phi) is 8.55. The number of nitrogens with zero attached hydrogens (tertiary/aromatic N) is 1. The van der Waals surface area contributed by atoms with Gasteiger partial charge in [-0.15, -0.1) is 0 Å². The van der Waals surface area contributed by atoms with Crippen LogP contribution in [0.2, 0.25) is 0 Å². The van der Waals surface area contributed by atoms with E-state index in [0.717, 1.165) is 24.2 Å². The first-order valence-electron chi connectivity index (χ1n) is 5.89. The Morgan fingerprint density at radius 3 is 2.39 bits per heavy atom. The van der Waals surface area contributed by atoms with Crippen molar-refractivity contribution in [3.05, 3.63) is 0 Å². The fourth-order valence-electron chi connectivity index (χ4n) is 1.32. The number of unbranched alkanes of at least 4 members (excludes halogenated alkanes) is 3. The third-order valence-electron chi connectivity index (χ3n) is 2.32. The minimum atomic E-state index is -1.06. The van der Waals surface area contributed by atoms with Crippen LogP contribution in [0.1, 0.15) is 32.1 Å². The standard InChI is InChI=1S/C11H21N3O4/c1-14(8-10(17)18)11(12)13-9(16)6-4-2-3-5-7-15/h15H,2-8H2,1H3,(H,17,18)(H2,12,13,16). The molecule has 18 heavy (non-hydrogen) atoms. The predicted molar refractivity (Wildman–Crippen MR) is 66.3 cm³/mol. The van der Waals surface area contributed by atoms with Gasteiger partial charge in [0.15, 0.2) is 5.96 Å². The first kappa shape index (κ1) is 16.4. The Morgan fingerprint density at radius 1 is 1.22 bits per heavy atom. The summed E-state index contributed by atoms with van der Waals surface area (Å²) in [5.41, 5.74) is 0. The number of carboxylic acids is 1. The molecule has 0 radical (unpaired) electrons. The molecule has 7 nitrogen and oxygen atoms in total. The molecule has 0 bridgehead atoms. The number of rotatable bonds is 8. The first-order chi connectivity index (χ1) is 8.47. The average Bonchev–Trinajstić information content (AvgIpc) is 2.27. The molecule has 0 atom stereocenters. The molecular weight excluding hydrogens is 238 g/mol. The van der Waals surface area contributed by atoms with E-state index >= 15 is 0 Å². The number of carbonyl (C=O) groups excluding carboxylic acids is 1. The normalized spacial score (nSPS) is 9.89. The highest BCUT2D eigenvalue weighted by Crippen LogP contribution is 2.02. The number of amides is 1. The zero-order valence-corrected chi connectivity index (χ0v) is 10.6. The maximum absolute atomic E-state index is 11.4. The molecule has 0 aromatic carbocycles. The van der Waals surface area contributed by atoms with E-state index in [1.807, 2.05) is 0 Å². The molecule has 0 heterocycles. The maximum Gasteiger partial charge on any atom is 0.323 e. The zero-order chi connectivity index (χ0) is 14.0. The van der Waals surface area contributed by atoms with E-state index < -0.39 is 5.97 Å². The van der Waals surface area contributed by atoms with Crippen molar-refractivity contribution in [3.8, 4) is 0 Å². The van der Waals surface area contributed by atoms with Crippen molar-refractivity contribution in [2.45, 2.75) is 32.1 Å². The van der Waals surface area contributed by atoms with Crippen LogP contribution in [0.25, 0.3) is 0 Å². The van der Waals surface area contributed by atoms with Gasteiger partial charge in [0.25, 0.3) is 0 Å². The minimum absolute atomic E-state index is 0.164. The smallest absolute Gasteiger partial charge is 0.323 e. The Morgan fingerprint density at radius 2 is 1.83 bits per heavy atom. The van der Waals surface area contributed by atoms with Crippen LogP contribution in [-0.2, 0) is 9.59 Å². The maximum atomic E-state index is 11.4. The predicted octanol–water partition coefficient (Wildman–Crippen LogP) is -0.00343. The highest BCUT2D eigenvalue weighted by molar-refractivity contribution is 5.96. The lowest BCUT2D eigenvalue weighted by Crippen LogP contribution is -2.43. The molecule has 0 aliphatic rings. The molecule has 0 fully saturated rings. The molecule has 1 amide bonds. The van der Waals surface area contributed by atoms with E-state index in [4.69, 9.17) is 15.6 Å². The van der Waals surface area contributed by atoms with Gasteiger partial charge in [-0.1, -0.05) is 12.8 Å². The summed E-state index contributed by atoms with van der Waals surface area (Å²) >= 11 is 0.